The van der Waals surface area contributed by atoms with Crippen molar-refractivity contribution in [2.75, 3.05) is 0 Å². The number of halogens is 1. The van der Waals surface area contributed by atoms with Gasteiger partial charge in [-0.15, -0.1) is 0 Å². The zero-order valence-electron chi connectivity index (χ0n) is 14.3. The summed E-state index contributed by atoms with van der Waals surface area (Å²) >= 11 is 0. The maximum absolute atomic E-state index is 13.3. The number of benzene rings is 2. The summed E-state index contributed by atoms with van der Waals surface area (Å²) in [6.45, 7) is 4.37. The molecule has 0 saturated heterocycles. The van der Waals surface area contributed by atoms with Gasteiger partial charge in [-0.05, 0) is 43.2 Å². The van der Waals surface area contributed by atoms with Gasteiger partial charge in [0.15, 0.2) is 0 Å². The molecule has 5 nitrogen and oxygen atoms in total. The Morgan fingerprint density at radius 1 is 1.12 bits per heavy atom. The third kappa shape index (κ3) is 3.33. The number of carbonyl (C=O) groups excluding carboxylic acids is 1. The predicted molar refractivity (Wildman–Crippen MR) is 94.9 cm³/mol. The van der Waals surface area contributed by atoms with Gasteiger partial charge in [0.05, 0.1) is 11.0 Å². The number of nitrogens with one attached hydrogen (secondary N) is 1. The van der Waals surface area contributed by atoms with Gasteiger partial charge < -0.3 is 5.32 Å². The van der Waals surface area contributed by atoms with E-state index in [9.17, 15) is 14.0 Å². The minimum absolute atomic E-state index is 0.0491. The van der Waals surface area contributed by atoms with Crippen molar-refractivity contribution in [3.63, 3.8) is 0 Å². The van der Waals surface area contributed by atoms with Crippen LogP contribution >= 0.6 is 0 Å². The van der Waals surface area contributed by atoms with Gasteiger partial charge in [0.2, 0.25) is 5.91 Å². The predicted octanol–water partition coefficient (Wildman–Crippen LogP) is 2.59. The molecule has 0 spiro atoms. The van der Waals surface area contributed by atoms with Gasteiger partial charge in [-0.25, -0.2) is 9.18 Å². The Morgan fingerprint density at radius 3 is 2.44 bits per heavy atom. The second kappa shape index (κ2) is 6.93. The van der Waals surface area contributed by atoms with E-state index >= 15 is 0 Å². The zero-order chi connectivity index (χ0) is 18.0. The lowest BCUT2D eigenvalue weighted by Gasteiger charge is -2.07. The van der Waals surface area contributed by atoms with Crippen LogP contribution in [-0.4, -0.2) is 15.0 Å². The highest BCUT2D eigenvalue weighted by molar-refractivity contribution is 5.80. The summed E-state index contributed by atoms with van der Waals surface area (Å²) in [6.07, 6.45) is 0. The Kier molecular flexibility index (Phi) is 4.70. The molecule has 6 heteroatoms. The molecule has 0 atom stereocenters. The first kappa shape index (κ1) is 17.0. The average molecular weight is 341 g/mol. The lowest BCUT2D eigenvalue weighted by molar-refractivity contribution is -0.121. The molecule has 25 heavy (non-hydrogen) atoms. The molecule has 1 aromatic heterocycles. The molecule has 3 aromatic rings. The van der Waals surface area contributed by atoms with Crippen LogP contribution in [0.4, 0.5) is 4.39 Å². The third-order valence-corrected chi connectivity index (χ3v) is 4.26. The van der Waals surface area contributed by atoms with Gasteiger partial charge in [-0.1, -0.05) is 24.3 Å². The van der Waals surface area contributed by atoms with Gasteiger partial charge in [-0.3, -0.25) is 13.9 Å². The number of para-hydroxylation sites is 2. The monoisotopic (exact) mass is 341 g/mol. The van der Waals surface area contributed by atoms with Gasteiger partial charge in [0.1, 0.15) is 12.4 Å². The largest absolute Gasteiger partial charge is 0.350 e. The number of imidazole rings is 1. The van der Waals surface area contributed by atoms with E-state index in [1.54, 1.807) is 23.6 Å². The summed E-state index contributed by atoms with van der Waals surface area (Å²) in [5, 5.41) is 2.78. The highest BCUT2D eigenvalue weighted by Crippen LogP contribution is 2.13. The van der Waals surface area contributed by atoms with E-state index in [4.69, 9.17) is 0 Å². The lowest BCUT2D eigenvalue weighted by atomic mass is 10.1. The molecule has 0 radical (unpaired) electrons. The van der Waals surface area contributed by atoms with Crippen LogP contribution < -0.4 is 11.0 Å². The quantitative estimate of drug-likeness (QED) is 0.775. The molecular weight excluding hydrogens is 321 g/mol. The van der Waals surface area contributed by atoms with Crippen molar-refractivity contribution in [1.29, 1.82) is 0 Å². The molecule has 0 aliphatic heterocycles. The molecule has 1 amide bonds. The van der Waals surface area contributed by atoms with Crippen molar-refractivity contribution in [2.24, 2.45) is 0 Å². The van der Waals surface area contributed by atoms with E-state index in [-0.39, 0.29) is 24.0 Å². The van der Waals surface area contributed by atoms with Crippen LogP contribution in [0.3, 0.4) is 0 Å². The minimum Gasteiger partial charge on any atom is -0.350 e. The second-order valence-electron chi connectivity index (χ2n) is 5.96. The summed E-state index contributed by atoms with van der Waals surface area (Å²) in [6, 6.07) is 12.1. The van der Waals surface area contributed by atoms with Crippen molar-refractivity contribution in [1.82, 2.24) is 14.5 Å². The molecule has 0 aliphatic carbocycles. The molecule has 1 N–H and O–H groups in total. The Balaban J connectivity index is 1.77. The smallest absolute Gasteiger partial charge is 0.329 e. The number of hydrogen-bond donors (Lipinski definition) is 1. The SMILES string of the molecule is CCn1c(=O)n(CC(=O)NCc2ccc(F)c(C)c2)c2ccccc21. The Morgan fingerprint density at radius 2 is 1.80 bits per heavy atom. The molecule has 0 unspecified atom stereocenters. The van der Waals surface area contributed by atoms with Gasteiger partial charge >= 0.3 is 5.69 Å². The first-order valence-corrected chi connectivity index (χ1v) is 8.21. The maximum atomic E-state index is 13.3. The first-order chi connectivity index (χ1) is 12.0. The third-order valence-electron chi connectivity index (χ3n) is 4.26. The van der Waals surface area contributed by atoms with E-state index in [1.165, 1.54) is 10.6 Å². The highest BCUT2D eigenvalue weighted by atomic mass is 19.1. The number of carbonyl (C=O) groups is 1. The molecule has 2 aromatic carbocycles. The van der Waals surface area contributed by atoms with Crippen molar-refractivity contribution in [3.05, 3.63) is 69.9 Å². The number of nitrogens with zero attached hydrogens (tertiary/aromatic N) is 2. The Labute approximate surface area is 144 Å². The van der Waals surface area contributed by atoms with Crippen LogP contribution in [0, 0.1) is 12.7 Å². The van der Waals surface area contributed by atoms with Gasteiger partial charge in [-0.2, -0.15) is 0 Å². The van der Waals surface area contributed by atoms with Crippen LogP contribution in [0.15, 0.2) is 47.3 Å². The van der Waals surface area contributed by atoms with Crippen molar-refractivity contribution < 1.29 is 9.18 Å². The van der Waals surface area contributed by atoms with E-state index < -0.39 is 0 Å². The molecule has 3 rings (SSSR count). The summed E-state index contributed by atoms with van der Waals surface area (Å²) < 4.78 is 16.4. The summed E-state index contributed by atoms with van der Waals surface area (Å²) in [5.41, 5.74) is 2.71. The highest BCUT2D eigenvalue weighted by Gasteiger charge is 2.14. The standard InChI is InChI=1S/C19H20FN3O2/c1-3-22-16-6-4-5-7-17(16)23(19(22)25)12-18(24)21-11-14-8-9-15(20)13(2)10-14/h4-10H,3,11-12H2,1-2H3,(H,21,24). The van der Waals surface area contributed by atoms with Crippen LogP contribution in [0.2, 0.25) is 0 Å². The topological polar surface area (TPSA) is 56.0 Å². The first-order valence-electron chi connectivity index (χ1n) is 8.21. The Hall–Kier alpha value is -2.89. The average Bonchev–Trinajstić information content (AvgIpc) is 2.87. The molecule has 0 aliphatic rings. The molecular formula is C19H20FN3O2. The van der Waals surface area contributed by atoms with E-state index in [0.717, 1.165) is 16.6 Å². The zero-order valence-corrected chi connectivity index (χ0v) is 14.3. The van der Waals surface area contributed by atoms with Crippen molar-refractivity contribution in [2.45, 2.75) is 33.5 Å². The maximum Gasteiger partial charge on any atom is 0.329 e. The minimum atomic E-state index is -0.269. The number of rotatable bonds is 5. The molecule has 0 fully saturated rings. The van der Waals surface area contributed by atoms with E-state index in [2.05, 4.69) is 5.32 Å². The number of aryl methyl sites for hydroxylation is 2. The van der Waals surface area contributed by atoms with Crippen LogP contribution in [-0.2, 0) is 24.4 Å². The Bertz CT molecular complexity index is 988. The summed E-state index contributed by atoms with van der Waals surface area (Å²) in [7, 11) is 0. The van der Waals surface area contributed by atoms with E-state index in [1.807, 2.05) is 31.2 Å². The van der Waals surface area contributed by atoms with Crippen LogP contribution in [0.25, 0.3) is 11.0 Å². The number of amides is 1. The normalized spacial score (nSPS) is 11.0. The van der Waals surface area contributed by atoms with Crippen molar-refractivity contribution in [3.8, 4) is 0 Å². The lowest BCUT2D eigenvalue weighted by Crippen LogP contribution is -2.32. The molecule has 0 bridgehead atoms. The second-order valence-corrected chi connectivity index (χ2v) is 5.96. The number of fused-ring (bicyclic) bond motifs is 1. The molecule has 0 saturated carbocycles. The fraction of sp³-hybridized carbons (Fsp3) is 0.263. The fourth-order valence-electron chi connectivity index (χ4n) is 2.95. The van der Waals surface area contributed by atoms with Gasteiger partial charge in [0, 0.05) is 13.1 Å². The fourth-order valence-corrected chi connectivity index (χ4v) is 2.95. The number of hydrogen-bond acceptors (Lipinski definition) is 2. The summed E-state index contributed by atoms with van der Waals surface area (Å²) in [5.74, 6) is -0.530. The molecule has 130 valence electrons. The number of aromatic nitrogens is 2. The van der Waals surface area contributed by atoms with Crippen molar-refractivity contribution >= 4 is 16.9 Å². The summed E-state index contributed by atoms with van der Waals surface area (Å²) in [4.78, 5) is 24.8. The van der Waals surface area contributed by atoms with Crippen LogP contribution in [0.1, 0.15) is 18.1 Å². The van der Waals surface area contributed by atoms with Gasteiger partial charge in [0.25, 0.3) is 0 Å². The van der Waals surface area contributed by atoms with Crippen LogP contribution in [0.5, 0.6) is 0 Å². The van der Waals surface area contributed by atoms with E-state index in [0.29, 0.717) is 18.7 Å². The molecule has 1 heterocycles.